The number of rotatable bonds is 4. The van der Waals surface area contributed by atoms with Crippen molar-refractivity contribution in [2.45, 2.75) is 38.0 Å². The Morgan fingerprint density at radius 2 is 2.03 bits per heavy atom. The summed E-state index contributed by atoms with van der Waals surface area (Å²) in [5.41, 5.74) is 1.00. The van der Waals surface area contributed by atoms with Gasteiger partial charge in [0.25, 0.3) is 0 Å². The van der Waals surface area contributed by atoms with Gasteiger partial charge in [-0.3, -0.25) is 9.89 Å². The van der Waals surface area contributed by atoms with Gasteiger partial charge in [0.1, 0.15) is 11.9 Å². The number of piperidine rings is 1. The molecule has 1 aromatic carbocycles. The third kappa shape index (κ3) is 6.01. The third-order valence-corrected chi connectivity index (χ3v) is 7.32. The third-order valence-electron chi connectivity index (χ3n) is 6.38. The maximum atomic E-state index is 13.3. The van der Waals surface area contributed by atoms with Crippen LogP contribution in [-0.4, -0.2) is 62.1 Å². The average Bonchev–Trinajstić information content (AvgIpc) is 3.29. The number of aliphatic imine (C=N–C) groups is 1. The molecule has 2 aliphatic rings. The summed E-state index contributed by atoms with van der Waals surface area (Å²) >= 11 is 1.85. The van der Waals surface area contributed by atoms with Crippen LogP contribution in [0.1, 0.15) is 42.4 Å². The summed E-state index contributed by atoms with van der Waals surface area (Å²) in [5, 5.41) is 5.83. The van der Waals surface area contributed by atoms with E-state index in [0.29, 0.717) is 18.5 Å². The van der Waals surface area contributed by atoms with Crippen LogP contribution in [0, 0.1) is 11.7 Å². The molecular formula is C24H34FIN4OS. The van der Waals surface area contributed by atoms with Crippen LogP contribution >= 0.6 is 35.3 Å². The van der Waals surface area contributed by atoms with Crippen LogP contribution in [0.15, 0.2) is 46.8 Å². The smallest absolute Gasteiger partial charge is 0.193 e. The number of benzene rings is 1. The number of morpholine rings is 1. The molecule has 0 bridgehead atoms. The lowest BCUT2D eigenvalue weighted by molar-refractivity contribution is -0.0606. The van der Waals surface area contributed by atoms with Gasteiger partial charge in [-0.25, -0.2) is 4.39 Å². The minimum atomic E-state index is -0.223. The highest BCUT2D eigenvalue weighted by Gasteiger charge is 2.33. The van der Waals surface area contributed by atoms with Gasteiger partial charge in [-0.2, -0.15) is 0 Å². The summed E-state index contributed by atoms with van der Waals surface area (Å²) < 4.78 is 19.5. The Morgan fingerprint density at radius 1 is 1.25 bits per heavy atom. The number of nitrogens with one attached hydrogen (secondary N) is 1. The van der Waals surface area contributed by atoms with Crippen molar-refractivity contribution in [1.29, 1.82) is 0 Å². The Morgan fingerprint density at radius 3 is 2.72 bits per heavy atom. The quantitative estimate of drug-likeness (QED) is 0.321. The van der Waals surface area contributed by atoms with Gasteiger partial charge in [0, 0.05) is 31.1 Å². The van der Waals surface area contributed by atoms with Crippen molar-refractivity contribution in [2.75, 3.05) is 40.3 Å². The van der Waals surface area contributed by atoms with Crippen molar-refractivity contribution in [2.24, 2.45) is 10.9 Å². The largest absolute Gasteiger partial charge is 0.367 e. The van der Waals surface area contributed by atoms with Gasteiger partial charge >= 0.3 is 0 Å². The number of hydrogen-bond donors (Lipinski definition) is 1. The highest BCUT2D eigenvalue weighted by atomic mass is 127. The van der Waals surface area contributed by atoms with E-state index >= 15 is 0 Å². The average molecular weight is 573 g/mol. The predicted octanol–water partition coefficient (Wildman–Crippen LogP) is 4.93. The van der Waals surface area contributed by atoms with Crippen molar-refractivity contribution in [1.82, 2.24) is 15.1 Å². The van der Waals surface area contributed by atoms with E-state index in [2.05, 4.69) is 51.6 Å². The van der Waals surface area contributed by atoms with Gasteiger partial charge in [-0.15, -0.1) is 35.3 Å². The van der Waals surface area contributed by atoms with Crippen LogP contribution in [-0.2, 0) is 4.74 Å². The molecule has 32 heavy (non-hydrogen) atoms. The van der Waals surface area contributed by atoms with Gasteiger partial charge in [-0.05, 0) is 68.4 Å². The number of halogens is 2. The molecule has 4 rings (SSSR count). The van der Waals surface area contributed by atoms with Crippen molar-refractivity contribution in [3.05, 3.63) is 58.0 Å². The molecule has 2 saturated heterocycles. The van der Waals surface area contributed by atoms with Crippen molar-refractivity contribution in [3.8, 4) is 0 Å². The van der Waals surface area contributed by atoms with E-state index in [4.69, 9.17) is 4.74 Å². The minimum Gasteiger partial charge on any atom is -0.367 e. The maximum absolute atomic E-state index is 13.3. The fraction of sp³-hybridized carbons (Fsp3) is 0.542. The van der Waals surface area contributed by atoms with E-state index in [-0.39, 0.29) is 42.0 Å². The second-order valence-electron chi connectivity index (χ2n) is 8.66. The van der Waals surface area contributed by atoms with Gasteiger partial charge < -0.3 is 15.0 Å². The molecule has 8 heteroatoms. The molecule has 4 atom stereocenters. The molecule has 0 radical (unpaired) electrons. The molecule has 2 aromatic rings. The van der Waals surface area contributed by atoms with Gasteiger partial charge in [-0.1, -0.05) is 18.2 Å². The monoisotopic (exact) mass is 572 g/mol. The first kappa shape index (κ1) is 25.4. The normalized spacial score (nSPS) is 27.1. The Balaban J connectivity index is 0.00000289. The lowest BCUT2D eigenvalue weighted by Gasteiger charge is -2.41. The molecule has 3 heterocycles. The number of hydrogen-bond acceptors (Lipinski definition) is 4. The van der Waals surface area contributed by atoms with Crippen LogP contribution in [0.4, 0.5) is 4.39 Å². The van der Waals surface area contributed by atoms with Gasteiger partial charge in [0.2, 0.25) is 0 Å². The zero-order valence-electron chi connectivity index (χ0n) is 19.0. The second kappa shape index (κ2) is 11.8. The van der Waals surface area contributed by atoms with E-state index < -0.39 is 0 Å². The van der Waals surface area contributed by atoms with Crippen molar-refractivity contribution >= 4 is 41.3 Å². The number of nitrogens with zero attached hydrogens (tertiary/aromatic N) is 3. The summed E-state index contributed by atoms with van der Waals surface area (Å²) in [6, 6.07) is 11.5. The lowest BCUT2D eigenvalue weighted by Crippen LogP contribution is -2.52. The number of likely N-dealkylation sites (tertiary alicyclic amines) is 1. The highest BCUT2D eigenvalue weighted by molar-refractivity contribution is 14.0. The molecule has 1 aromatic heterocycles. The van der Waals surface area contributed by atoms with E-state index in [9.17, 15) is 4.39 Å². The number of ether oxygens (including phenoxy) is 1. The fourth-order valence-corrected chi connectivity index (χ4v) is 5.91. The first-order chi connectivity index (χ1) is 15.0. The molecule has 0 aliphatic carbocycles. The SMILES string of the molecule is CN=C(NCC1CCCN(C)C1c1cccs1)N1CC(C)OC(c2ccc(F)cc2)C1.I. The predicted molar refractivity (Wildman–Crippen MR) is 140 cm³/mol. The molecule has 0 spiro atoms. The Hall–Kier alpha value is -1.23. The topological polar surface area (TPSA) is 40.1 Å². The molecular weight excluding hydrogens is 538 g/mol. The van der Waals surface area contributed by atoms with Gasteiger partial charge in [0.15, 0.2) is 5.96 Å². The Labute approximate surface area is 212 Å². The summed E-state index contributed by atoms with van der Waals surface area (Å²) in [6.07, 6.45) is 2.42. The molecule has 176 valence electrons. The Bertz CT molecular complexity index is 863. The molecule has 5 nitrogen and oxygen atoms in total. The van der Waals surface area contributed by atoms with E-state index in [0.717, 1.165) is 31.2 Å². The summed E-state index contributed by atoms with van der Waals surface area (Å²) in [6.45, 7) is 5.62. The molecule has 2 fully saturated rings. The van der Waals surface area contributed by atoms with Gasteiger partial charge in [0.05, 0.1) is 12.6 Å². The molecule has 1 N–H and O–H groups in total. The zero-order chi connectivity index (χ0) is 21.8. The molecule has 2 aliphatic heterocycles. The standard InChI is InChI=1S/C24H33FN4OS.HI/c1-17-15-29(16-21(30-17)18-8-10-20(25)11-9-18)24(26-2)27-14-19-6-4-12-28(3)23(19)22-7-5-13-31-22;/h5,7-11,13,17,19,21,23H,4,6,12,14-16H2,1-3H3,(H,26,27);1H. The van der Waals surface area contributed by atoms with E-state index in [1.165, 1.54) is 29.9 Å². The van der Waals surface area contributed by atoms with E-state index in [1.54, 1.807) is 0 Å². The summed E-state index contributed by atoms with van der Waals surface area (Å²) in [4.78, 5) is 10.8. The van der Waals surface area contributed by atoms with Crippen LogP contribution in [0.5, 0.6) is 0 Å². The second-order valence-corrected chi connectivity index (χ2v) is 9.64. The van der Waals surface area contributed by atoms with Crippen molar-refractivity contribution in [3.63, 3.8) is 0 Å². The first-order valence-electron chi connectivity index (χ1n) is 11.2. The first-order valence-corrected chi connectivity index (χ1v) is 12.0. The van der Waals surface area contributed by atoms with Crippen LogP contribution in [0.2, 0.25) is 0 Å². The van der Waals surface area contributed by atoms with Crippen LogP contribution in [0.25, 0.3) is 0 Å². The molecule has 0 saturated carbocycles. The van der Waals surface area contributed by atoms with E-state index in [1.807, 2.05) is 30.5 Å². The minimum absolute atomic E-state index is 0. The summed E-state index contributed by atoms with van der Waals surface area (Å²) in [5.74, 6) is 1.24. The highest BCUT2D eigenvalue weighted by Crippen LogP contribution is 2.37. The lowest BCUT2D eigenvalue weighted by atomic mass is 9.88. The molecule has 4 unspecified atom stereocenters. The maximum Gasteiger partial charge on any atom is 0.193 e. The number of thiophene rings is 1. The fourth-order valence-electron chi connectivity index (χ4n) is 4.92. The van der Waals surface area contributed by atoms with Crippen LogP contribution in [0.3, 0.4) is 0 Å². The van der Waals surface area contributed by atoms with Crippen molar-refractivity contribution < 1.29 is 9.13 Å². The Kier molecular flexibility index (Phi) is 9.33. The van der Waals surface area contributed by atoms with Crippen LogP contribution < -0.4 is 5.32 Å². The number of guanidine groups is 1. The summed E-state index contributed by atoms with van der Waals surface area (Å²) in [7, 11) is 4.08. The molecule has 0 amide bonds. The zero-order valence-corrected chi connectivity index (χ0v) is 22.2.